The molecule has 1 N–H and O–H groups in total. The molecule has 0 heterocycles. The summed E-state index contributed by atoms with van der Waals surface area (Å²) < 4.78 is 10.8. The van der Waals surface area contributed by atoms with Gasteiger partial charge in [-0.3, -0.25) is 9.59 Å². The second-order valence-electron chi connectivity index (χ2n) is 6.15. The molecule has 0 bridgehead atoms. The first-order valence-electron chi connectivity index (χ1n) is 9.00. The number of carbonyl (C=O) groups is 2. The lowest BCUT2D eigenvalue weighted by Gasteiger charge is -2.30. The Morgan fingerprint density at radius 2 is 1.68 bits per heavy atom. The van der Waals surface area contributed by atoms with Gasteiger partial charge in [0.1, 0.15) is 17.5 Å². The summed E-state index contributed by atoms with van der Waals surface area (Å²) in [5, 5.41) is 3.22. The maximum atomic E-state index is 12.9. The van der Waals surface area contributed by atoms with Crippen LogP contribution in [0.15, 0.2) is 48.5 Å². The molecule has 0 aromatic heterocycles. The van der Waals surface area contributed by atoms with Crippen molar-refractivity contribution in [2.24, 2.45) is 0 Å². The van der Waals surface area contributed by atoms with Gasteiger partial charge in [0.05, 0.1) is 7.11 Å². The van der Waals surface area contributed by atoms with E-state index in [-0.39, 0.29) is 18.4 Å². The molecule has 7 heteroatoms. The van der Waals surface area contributed by atoms with Crippen molar-refractivity contribution in [2.75, 3.05) is 20.8 Å². The highest BCUT2D eigenvalue weighted by atomic mass is 35.5. The van der Waals surface area contributed by atoms with Crippen LogP contribution in [0.1, 0.15) is 18.9 Å². The van der Waals surface area contributed by atoms with Gasteiger partial charge in [-0.05, 0) is 48.4 Å². The molecule has 2 rings (SSSR count). The second-order valence-corrected chi connectivity index (χ2v) is 6.59. The number of nitrogens with zero attached hydrogens (tertiary/aromatic N) is 1. The van der Waals surface area contributed by atoms with Crippen molar-refractivity contribution in [2.45, 2.75) is 25.9 Å². The van der Waals surface area contributed by atoms with Gasteiger partial charge in [0.2, 0.25) is 5.91 Å². The standard InChI is InChI=1S/C21H25ClN2O4/c1-4-19(21(26)23-2)24(13-15-5-9-17(27-3)10-6-15)20(25)14-28-18-11-7-16(22)8-12-18/h5-12,19H,4,13-14H2,1-3H3,(H,23,26). The van der Waals surface area contributed by atoms with Gasteiger partial charge >= 0.3 is 0 Å². The van der Waals surface area contributed by atoms with Crippen LogP contribution in [0, 0.1) is 0 Å². The zero-order chi connectivity index (χ0) is 20.5. The Labute approximate surface area is 170 Å². The monoisotopic (exact) mass is 404 g/mol. The minimum atomic E-state index is -0.589. The van der Waals surface area contributed by atoms with E-state index in [0.717, 1.165) is 11.3 Å². The summed E-state index contributed by atoms with van der Waals surface area (Å²) in [5.74, 6) is 0.776. The van der Waals surface area contributed by atoms with Crippen LogP contribution in [0.5, 0.6) is 11.5 Å². The van der Waals surface area contributed by atoms with E-state index in [2.05, 4.69) is 5.32 Å². The van der Waals surface area contributed by atoms with Gasteiger partial charge in [0.25, 0.3) is 5.91 Å². The molecule has 0 fully saturated rings. The largest absolute Gasteiger partial charge is 0.497 e. The molecular weight excluding hydrogens is 380 g/mol. The maximum Gasteiger partial charge on any atom is 0.261 e. The summed E-state index contributed by atoms with van der Waals surface area (Å²) in [6.45, 7) is 1.98. The molecule has 1 atom stereocenters. The van der Waals surface area contributed by atoms with E-state index in [1.807, 2.05) is 31.2 Å². The lowest BCUT2D eigenvalue weighted by atomic mass is 10.1. The van der Waals surface area contributed by atoms with Crippen LogP contribution in [0.3, 0.4) is 0 Å². The average molecular weight is 405 g/mol. The molecule has 2 aromatic rings. The highest BCUT2D eigenvalue weighted by molar-refractivity contribution is 6.30. The van der Waals surface area contributed by atoms with Crippen molar-refractivity contribution in [1.82, 2.24) is 10.2 Å². The Bertz CT molecular complexity index is 778. The van der Waals surface area contributed by atoms with Crippen molar-refractivity contribution >= 4 is 23.4 Å². The number of likely N-dealkylation sites (N-methyl/N-ethyl adjacent to an activating group) is 1. The van der Waals surface area contributed by atoms with Gasteiger partial charge in [0, 0.05) is 18.6 Å². The first-order chi connectivity index (χ1) is 13.5. The van der Waals surface area contributed by atoms with Crippen LogP contribution in [0.25, 0.3) is 0 Å². The number of halogens is 1. The van der Waals surface area contributed by atoms with Crippen LogP contribution in [0.4, 0.5) is 0 Å². The van der Waals surface area contributed by atoms with E-state index < -0.39 is 6.04 Å². The van der Waals surface area contributed by atoms with Crippen molar-refractivity contribution in [1.29, 1.82) is 0 Å². The van der Waals surface area contributed by atoms with Gasteiger partial charge in [0.15, 0.2) is 6.61 Å². The SMILES string of the molecule is CCC(C(=O)NC)N(Cc1ccc(OC)cc1)C(=O)COc1ccc(Cl)cc1. The summed E-state index contributed by atoms with van der Waals surface area (Å²) >= 11 is 5.86. The highest BCUT2D eigenvalue weighted by Gasteiger charge is 2.28. The number of carbonyl (C=O) groups excluding carboxylic acids is 2. The molecule has 0 aliphatic heterocycles. The normalized spacial score (nSPS) is 11.4. The summed E-state index contributed by atoms with van der Waals surface area (Å²) in [6.07, 6.45) is 0.489. The maximum absolute atomic E-state index is 12.9. The summed E-state index contributed by atoms with van der Waals surface area (Å²) in [6, 6.07) is 13.6. The third-order valence-corrected chi connectivity index (χ3v) is 4.57. The van der Waals surface area contributed by atoms with Crippen LogP contribution >= 0.6 is 11.6 Å². The van der Waals surface area contributed by atoms with Gasteiger partial charge in [-0.15, -0.1) is 0 Å². The molecule has 2 aromatic carbocycles. The Morgan fingerprint density at radius 1 is 1.07 bits per heavy atom. The summed E-state index contributed by atoms with van der Waals surface area (Å²) in [4.78, 5) is 26.8. The quantitative estimate of drug-likeness (QED) is 0.696. The fourth-order valence-electron chi connectivity index (χ4n) is 2.77. The number of ether oxygens (including phenoxy) is 2. The van der Waals surface area contributed by atoms with Gasteiger partial charge in [-0.1, -0.05) is 30.7 Å². The third kappa shape index (κ3) is 5.89. The van der Waals surface area contributed by atoms with Crippen LogP contribution < -0.4 is 14.8 Å². The number of hydrogen-bond donors (Lipinski definition) is 1. The molecule has 0 aliphatic carbocycles. The number of benzene rings is 2. The molecule has 1 unspecified atom stereocenters. The number of nitrogens with one attached hydrogen (secondary N) is 1. The van der Waals surface area contributed by atoms with Gasteiger partial charge < -0.3 is 19.7 Å². The van der Waals surface area contributed by atoms with Crippen LogP contribution in [-0.4, -0.2) is 43.5 Å². The van der Waals surface area contributed by atoms with Gasteiger partial charge in [-0.25, -0.2) is 0 Å². The van der Waals surface area contributed by atoms with Crippen LogP contribution in [0.2, 0.25) is 5.02 Å². The summed E-state index contributed by atoms with van der Waals surface area (Å²) in [5.41, 5.74) is 0.892. The Hall–Kier alpha value is -2.73. The number of hydrogen-bond acceptors (Lipinski definition) is 4. The minimum Gasteiger partial charge on any atom is -0.497 e. The van der Waals surface area contributed by atoms with Crippen molar-refractivity contribution < 1.29 is 19.1 Å². The minimum absolute atomic E-state index is 0.175. The first kappa shape index (κ1) is 21.6. The fourth-order valence-corrected chi connectivity index (χ4v) is 2.90. The smallest absolute Gasteiger partial charge is 0.261 e. The average Bonchev–Trinajstić information content (AvgIpc) is 2.73. The molecule has 6 nitrogen and oxygen atoms in total. The predicted molar refractivity (Wildman–Crippen MR) is 109 cm³/mol. The number of methoxy groups -OCH3 is 1. The van der Waals surface area contributed by atoms with E-state index in [9.17, 15) is 9.59 Å². The molecule has 0 spiro atoms. The Balaban J connectivity index is 2.16. The molecule has 150 valence electrons. The van der Waals surface area contributed by atoms with Crippen molar-refractivity contribution in [3.05, 3.63) is 59.1 Å². The molecule has 0 saturated carbocycles. The fraction of sp³-hybridized carbons (Fsp3) is 0.333. The zero-order valence-corrected chi connectivity index (χ0v) is 17.0. The summed E-state index contributed by atoms with van der Waals surface area (Å²) in [7, 11) is 3.16. The Morgan fingerprint density at radius 3 is 2.21 bits per heavy atom. The van der Waals surface area contributed by atoms with Gasteiger partial charge in [-0.2, -0.15) is 0 Å². The number of amides is 2. The Kier molecular flexibility index (Phi) is 8.14. The van der Waals surface area contributed by atoms with Crippen molar-refractivity contribution in [3.8, 4) is 11.5 Å². The van der Waals surface area contributed by atoms with Crippen LogP contribution in [-0.2, 0) is 16.1 Å². The van der Waals surface area contributed by atoms with E-state index in [1.165, 1.54) is 4.90 Å². The third-order valence-electron chi connectivity index (χ3n) is 4.32. The second kappa shape index (κ2) is 10.6. The first-order valence-corrected chi connectivity index (χ1v) is 9.38. The topological polar surface area (TPSA) is 67.9 Å². The van der Waals surface area contributed by atoms with E-state index >= 15 is 0 Å². The number of rotatable bonds is 9. The molecule has 0 aliphatic rings. The highest BCUT2D eigenvalue weighted by Crippen LogP contribution is 2.18. The predicted octanol–water partition coefficient (Wildman–Crippen LogP) is 3.28. The molecule has 28 heavy (non-hydrogen) atoms. The molecule has 2 amide bonds. The molecule has 0 radical (unpaired) electrons. The molecular formula is C21H25ClN2O4. The molecule has 0 saturated heterocycles. The lowest BCUT2D eigenvalue weighted by Crippen LogP contribution is -2.49. The van der Waals surface area contributed by atoms with E-state index in [0.29, 0.717) is 23.7 Å². The van der Waals surface area contributed by atoms with E-state index in [4.69, 9.17) is 21.1 Å². The van der Waals surface area contributed by atoms with E-state index in [1.54, 1.807) is 38.4 Å². The lowest BCUT2D eigenvalue weighted by molar-refractivity contribution is -0.142. The zero-order valence-electron chi connectivity index (χ0n) is 16.3. The van der Waals surface area contributed by atoms with Crippen molar-refractivity contribution in [3.63, 3.8) is 0 Å².